The van der Waals surface area contributed by atoms with Gasteiger partial charge in [-0.05, 0) is 55.9 Å². The largest absolute Gasteiger partial charge is 0.207 e. The van der Waals surface area contributed by atoms with E-state index in [0.717, 1.165) is 12.8 Å². The first kappa shape index (κ1) is 15.2. The molecule has 1 heterocycles. The molecule has 0 spiro atoms. The molecule has 0 bridgehead atoms. The Kier molecular flexibility index (Phi) is 4.75. The molecule has 0 aliphatic heterocycles. The molecule has 0 saturated heterocycles. The van der Waals surface area contributed by atoms with Crippen LogP contribution >= 0.6 is 27.3 Å². The van der Waals surface area contributed by atoms with Crippen molar-refractivity contribution >= 4 is 27.3 Å². The third-order valence-corrected chi connectivity index (χ3v) is 6.49. The lowest BCUT2D eigenvalue weighted by Gasteiger charge is -2.09. The van der Waals surface area contributed by atoms with Gasteiger partial charge in [0.05, 0.1) is 4.83 Å². The molecule has 1 aromatic carbocycles. The maximum atomic E-state index is 13.7. The second kappa shape index (κ2) is 6.57. The average Bonchev–Trinajstić information content (AvgIpc) is 2.74. The lowest BCUT2D eigenvalue weighted by molar-refractivity contribution is 0.554. The molecule has 21 heavy (non-hydrogen) atoms. The third-order valence-electron chi connectivity index (χ3n) is 4.02. The van der Waals surface area contributed by atoms with Crippen molar-refractivity contribution < 1.29 is 8.78 Å². The number of aryl methyl sites for hydroxylation is 2. The first-order valence-electron chi connectivity index (χ1n) is 7.33. The van der Waals surface area contributed by atoms with Crippen LogP contribution in [0.3, 0.4) is 0 Å². The summed E-state index contributed by atoms with van der Waals surface area (Å²) < 4.78 is 27.5. The fourth-order valence-corrected chi connectivity index (χ4v) is 4.82. The smallest absolute Gasteiger partial charge is 0.129 e. The van der Waals surface area contributed by atoms with Crippen molar-refractivity contribution in [2.24, 2.45) is 0 Å². The minimum atomic E-state index is -0.461. The summed E-state index contributed by atoms with van der Waals surface area (Å²) in [6, 6.07) is 6.28. The van der Waals surface area contributed by atoms with Gasteiger partial charge in [-0.3, -0.25) is 0 Å². The first-order chi connectivity index (χ1) is 10.1. The molecule has 0 amide bonds. The highest BCUT2D eigenvalue weighted by Gasteiger charge is 2.19. The number of halogens is 3. The number of thiophene rings is 1. The normalized spacial score (nSPS) is 16.3. The predicted octanol–water partition coefficient (Wildman–Crippen LogP) is 5.97. The van der Waals surface area contributed by atoms with Gasteiger partial charge < -0.3 is 0 Å². The SMILES string of the molecule is Fc1cccc(F)c1CC(Br)c1cc2c(s1)CCCCC2. The minimum absolute atomic E-state index is 0.0270. The highest BCUT2D eigenvalue weighted by molar-refractivity contribution is 9.09. The highest BCUT2D eigenvalue weighted by Crippen LogP contribution is 2.37. The maximum Gasteiger partial charge on any atom is 0.129 e. The van der Waals surface area contributed by atoms with Crippen molar-refractivity contribution in [3.05, 3.63) is 56.8 Å². The van der Waals surface area contributed by atoms with Crippen molar-refractivity contribution in [1.29, 1.82) is 0 Å². The van der Waals surface area contributed by atoms with Crippen LogP contribution in [0.25, 0.3) is 0 Å². The molecule has 1 aliphatic carbocycles. The Morgan fingerprint density at radius 3 is 2.57 bits per heavy atom. The molecule has 0 radical (unpaired) electrons. The van der Waals surface area contributed by atoms with Crippen molar-refractivity contribution in [3.63, 3.8) is 0 Å². The molecule has 1 aromatic heterocycles. The number of alkyl halides is 1. The van der Waals surface area contributed by atoms with Gasteiger partial charge in [-0.15, -0.1) is 11.3 Å². The van der Waals surface area contributed by atoms with Gasteiger partial charge in [0.1, 0.15) is 11.6 Å². The summed E-state index contributed by atoms with van der Waals surface area (Å²) in [4.78, 5) is 2.62. The number of fused-ring (bicyclic) bond motifs is 1. The number of benzene rings is 1. The number of hydrogen-bond donors (Lipinski definition) is 0. The molecule has 0 fully saturated rings. The maximum absolute atomic E-state index is 13.7. The summed E-state index contributed by atoms with van der Waals surface area (Å²) in [5.41, 5.74) is 1.61. The molecular formula is C17H17BrF2S. The summed E-state index contributed by atoms with van der Waals surface area (Å²) in [7, 11) is 0. The molecule has 1 aliphatic rings. The highest BCUT2D eigenvalue weighted by atomic mass is 79.9. The molecule has 0 N–H and O–H groups in total. The van der Waals surface area contributed by atoms with Gasteiger partial charge in [-0.25, -0.2) is 8.78 Å². The quantitative estimate of drug-likeness (QED) is 0.460. The average molecular weight is 371 g/mol. The van der Waals surface area contributed by atoms with Gasteiger partial charge in [0.2, 0.25) is 0 Å². The van der Waals surface area contributed by atoms with Crippen LogP contribution in [-0.2, 0) is 19.3 Å². The van der Waals surface area contributed by atoms with E-state index >= 15 is 0 Å². The number of hydrogen-bond acceptors (Lipinski definition) is 1. The van der Waals surface area contributed by atoms with Crippen LogP contribution in [0, 0.1) is 11.6 Å². The van der Waals surface area contributed by atoms with E-state index in [-0.39, 0.29) is 10.4 Å². The summed E-state index contributed by atoms with van der Waals surface area (Å²) in [5, 5.41) is 0. The molecule has 0 nitrogen and oxygen atoms in total. The van der Waals surface area contributed by atoms with Gasteiger partial charge in [-0.2, -0.15) is 0 Å². The standard InChI is InChI=1S/C17H17BrF2S/c18-13(10-12-14(19)6-4-7-15(12)20)17-9-11-5-2-1-3-8-16(11)21-17/h4,6-7,9,13H,1-3,5,8,10H2. The number of rotatable bonds is 3. The van der Waals surface area contributed by atoms with Gasteiger partial charge in [0.25, 0.3) is 0 Å². The zero-order valence-corrected chi connectivity index (χ0v) is 14.1. The van der Waals surface area contributed by atoms with Gasteiger partial charge in [-0.1, -0.05) is 28.4 Å². The van der Waals surface area contributed by atoms with Crippen LogP contribution in [0.1, 0.15) is 45.0 Å². The molecule has 2 aromatic rings. The molecule has 3 rings (SSSR count). The zero-order valence-electron chi connectivity index (χ0n) is 11.7. The van der Waals surface area contributed by atoms with E-state index in [2.05, 4.69) is 22.0 Å². The van der Waals surface area contributed by atoms with E-state index in [1.165, 1.54) is 52.8 Å². The Morgan fingerprint density at radius 2 is 1.81 bits per heavy atom. The monoisotopic (exact) mass is 370 g/mol. The Labute approximate surface area is 136 Å². The second-order valence-electron chi connectivity index (χ2n) is 5.53. The van der Waals surface area contributed by atoms with Gasteiger partial charge >= 0.3 is 0 Å². The summed E-state index contributed by atoms with van der Waals surface area (Å²) in [5.74, 6) is -0.921. The van der Waals surface area contributed by atoms with Crippen molar-refractivity contribution in [3.8, 4) is 0 Å². The van der Waals surface area contributed by atoms with E-state index in [1.54, 1.807) is 11.3 Å². The second-order valence-corrected chi connectivity index (χ2v) is 7.80. The zero-order chi connectivity index (χ0) is 14.8. The fourth-order valence-electron chi connectivity index (χ4n) is 2.85. The molecule has 0 saturated carbocycles. The van der Waals surface area contributed by atoms with E-state index in [1.807, 2.05) is 0 Å². The Balaban J connectivity index is 1.81. The third kappa shape index (κ3) is 3.37. The van der Waals surface area contributed by atoms with E-state index in [0.29, 0.717) is 6.42 Å². The molecule has 1 unspecified atom stereocenters. The van der Waals surface area contributed by atoms with Crippen molar-refractivity contribution in [2.75, 3.05) is 0 Å². The lowest BCUT2D eigenvalue weighted by Crippen LogP contribution is -2.00. The predicted molar refractivity (Wildman–Crippen MR) is 87.3 cm³/mol. The van der Waals surface area contributed by atoms with Crippen LogP contribution in [0.5, 0.6) is 0 Å². The topological polar surface area (TPSA) is 0 Å². The van der Waals surface area contributed by atoms with Crippen LogP contribution in [0.4, 0.5) is 8.78 Å². The molecule has 4 heteroatoms. The van der Waals surface area contributed by atoms with Gasteiger partial charge in [0.15, 0.2) is 0 Å². The van der Waals surface area contributed by atoms with E-state index < -0.39 is 11.6 Å². The van der Waals surface area contributed by atoms with Crippen molar-refractivity contribution in [1.82, 2.24) is 0 Å². The Hall–Kier alpha value is -0.740. The Morgan fingerprint density at radius 1 is 1.10 bits per heavy atom. The van der Waals surface area contributed by atoms with E-state index in [4.69, 9.17) is 0 Å². The van der Waals surface area contributed by atoms with Crippen LogP contribution in [0.2, 0.25) is 0 Å². The van der Waals surface area contributed by atoms with Crippen LogP contribution in [0.15, 0.2) is 24.3 Å². The molecule has 1 atom stereocenters. The summed E-state index contributed by atoms with van der Waals surface area (Å²) >= 11 is 5.41. The minimum Gasteiger partial charge on any atom is -0.207 e. The van der Waals surface area contributed by atoms with Crippen LogP contribution < -0.4 is 0 Å². The lowest BCUT2D eigenvalue weighted by atomic mass is 10.1. The van der Waals surface area contributed by atoms with Crippen molar-refractivity contribution in [2.45, 2.75) is 43.4 Å². The first-order valence-corrected chi connectivity index (χ1v) is 9.07. The molecule has 112 valence electrons. The van der Waals surface area contributed by atoms with E-state index in [9.17, 15) is 8.78 Å². The van der Waals surface area contributed by atoms with Crippen LogP contribution in [-0.4, -0.2) is 0 Å². The van der Waals surface area contributed by atoms with Gasteiger partial charge in [0, 0.05) is 15.3 Å². The summed E-state index contributed by atoms with van der Waals surface area (Å²) in [6.07, 6.45) is 6.43. The fraction of sp³-hybridized carbons (Fsp3) is 0.412. The Bertz CT molecular complexity index is 592. The molecular weight excluding hydrogens is 354 g/mol. The summed E-state index contributed by atoms with van der Waals surface area (Å²) in [6.45, 7) is 0.